The lowest BCUT2D eigenvalue weighted by Crippen LogP contribution is -2.47. The molecule has 2 aliphatic rings. The number of piperazine rings is 1. The third kappa shape index (κ3) is 5.57. The fourth-order valence-corrected chi connectivity index (χ4v) is 5.87. The summed E-state index contributed by atoms with van der Waals surface area (Å²) in [5.41, 5.74) is 3.75. The van der Waals surface area contributed by atoms with Crippen LogP contribution in [0.4, 0.5) is 5.69 Å². The molecule has 160 valence electrons. The maximum Gasteiger partial charge on any atom is 0.119 e. The summed E-state index contributed by atoms with van der Waals surface area (Å²) in [6, 6.07) is 6.80. The van der Waals surface area contributed by atoms with Gasteiger partial charge in [-0.2, -0.15) is 0 Å². The summed E-state index contributed by atoms with van der Waals surface area (Å²) in [5.74, 6) is 1.61. The van der Waals surface area contributed by atoms with Crippen molar-refractivity contribution in [1.82, 2.24) is 4.90 Å². The highest BCUT2D eigenvalue weighted by atomic mass is 35.5. The Morgan fingerprint density at radius 3 is 2.14 bits per heavy atom. The summed E-state index contributed by atoms with van der Waals surface area (Å²) in [4.78, 5) is 5.22. The smallest absolute Gasteiger partial charge is 0.119 e. The van der Waals surface area contributed by atoms with E-state index >= 15 is 0 Å². The molecule has 1 aromatic carbocycles. The van der Waals surface area contributed by atoms with Crippen LogP contribution < -0.4 is 9.64 Å². The van der Waals surface area contributed by atoms with Gasteiger partial charge in [-0.25, -0.2) is 0 Å². The van der Waals surface area contributed by atoms with Gasteiger partial charge in [0, 0.05) is 31.9 Å². The first-order chi connectivity index (χ1) is 12.7. The lowest BCUT2D eigenvalue weighted by molar-refractivity contribution is 0.0969. The highest BCUT2D eigenvalue weighted by Gasteiger charge is 2.40. The van der Waals surface area contributed by atoms with Crippen LogP contribution in [0.5, 0.6) is 5.75 Å². The van der Waals surface area contributed by atoms with Crippen LogP contribution in [0.15, 0.2) is 18.2 Å². The Morgan fingerprint density at radius 1 is 1.00 bits per heavy atom. The highest BCUT2D eigenvalue weighted by Crippen LogP contribution is 2.53. The molecule has 1 aliphatic heterocycles. The minimum absolute atomic E-state index is 0. The van der Waals surface area contributed by atoms with Gasteiger partial charge in [0.25, 0.3) is 0 Å². The van der Waals surface area contributed by atoms with Crippen molar-refractivity contribution in [2.75, 3.05) is 44.7 Å². The van der Waals surface area contributed by atoms with E-state index in [9.17, 15) is 0 Å². The van der Waals surface area contributed by atoms with Crippen molar-refractivity contribution in [3.8, 4) is 5.75 Å². The van der Waals surface area contributed by atoms with E-state index in [1.54, 1.807) is 7.11 Å². The van der Waals surface area contributed by atoms with Crippen molar-refractivity contribution >= 4 is 18.1 Å². The van der Waals surface area contributed by atoms with E-state index < -0.39 is 0 Å². The van der Waals surface area contributed by atoms with Crippen molar-refractivity contribution in [3.63, 3.8) is 0 Å². The number of hydrogen-bond acceptors (Lipinski definition) is 3. The normalized spacial score (nSPS) is 22.6. The van der Waals surface area contributed by atoms with Gasteiger partial charge >= 0.3 is 0 Å². The first-order valence-corrected chi connectivity index (χ1v) is 10.9. The second kappa shape index (κ2) is 9.26. The maximum atomic E-state index is 5.61. The van der Waals surface area contributed by atoms with Crippen LogP contribution >= 0.6 is 12.4 Å². The Kier molecular flexibility index (Phi) is 7.72. The average molecular weight is 409 g/mol. The van der Waals surface area contributed by atoms with Crippen LogP contribution in [-0.2, 0) is 0 Å². The molecule has 2 fully saturated rings. The van der Waals surface area contributed by atoms with Gasteiger partial charge in [-0.3, -0.25) is 4.90 Å². The topological polar surface area (TPSA) is 15.7 Å². The van der Waals surface area contributed by atoms with Gasteiger partial charge in [-0.05, 0) is 72.7 Å². The summed E-state index contributed by atoms with van der Waals surface area (Å²) >= 11 is 0. The van der Waals surface area contributed by atoms with E-state index in [0.29, 0.717) is 16.7 Å². The van der Waals surface area contributed by atoms with Crippen LogP contribution in [0.1, 0.15) is 71.8 Å². The molecule has 28 heavy (non-hydrogen) atoms. The maximum absolute atomic E-state index is 5.61. The SMILES string of the molecule is CCCN1CCN(c2ccc(OC)cc2C2CC(C)(C)CC(C)(C)C2)CC1.Cl. The molecule has 3 nitrogen and oxygen atoms in total. The molecule has 0 spiro atoms. The van der Waals surface area contributed by atoms with Crippen molar-refractivity contribution in [1.29, 1.82) is 0 Å². The van der Waals surface area contributed by atoms with Gasteiger partial charge in [0.2, 0.25) is 0 Å². The van der Waals surface area contributed by atoms with E-state index in [2.05, 4.69) is 62.6 Å². The second-order valence-electron chi connectivity index (χ2n) is 10.4. The van der Waals surface area contributed by atoms with Crippen LogP contribution in [0.25, 0.3) is 0 Å². The summed E-state index contributed by atoms with van der Waals surface area (Å²) in [7, 11) is 1.79. The van der Waals surface area contributed by atoms with E-state index in [1.807, 2.05) is 0 Å². The van der Waals surface area contributed by atoms with Gasteiger partial charge in [0.05, 0.1) is 7.11 Å². The van der Waals surface area contributed by atoms with Crippen LogP contribution in [-0.4, -0.2) is 44.7 Å². The summed E-state index contributed by atoms with van der Waals surface area (Å²) < 4.78 is 5.61. The third-order valence-electron chi connectivity index (χ3n) is 6.48. The lowest BCUT2D eigenvalue weighted by Gasteiger charge is -2.46. The molecule has 0 bridgehead atoms. The average Bonchev–Trinajstić information content (AvgIpc) is 2.59. The molecule has 0 amide bonds. The molecular weight excluding hydrogens is 368 g/mol. The predicted molar refractivity (Wildman–Crippen MR) is 123 cm³/mol. The number of rotatable bonds is 5. The minimum atomic E-state index is 0. The number of anilines is 1. The Morgan fingerprint density at radius 2 is 1.61 bits per heavy atom. The summed E-state index contributed by atoms with van der Waals surface area (Å²) in [6.07, 6.45) is 5.10. The summed E-state index contributed by atoms with van der Waals surface area (Å²) in [5, 5.41) is 0. The number of ether oxygens (including phenoxy) is 1. The molecule has 1 saturated carbocycles. The van der Waals surface area contributed by atoms with Crippen molar-refractivity contribution in [3.05, 3.63) is 23.8 Å². The minimum Gasteiger partial charge on any atom is -0.497 e. The van der Waals surface area contributed by atoms with Gasteiger partial charge < -0.3 is 9.64 Å². The third-order valence-corrected chi connectivity index (χ3v) is 6.48. The zero-order valence-corrected chi connectivity index (χ0v) is 19.7. The fourth-order valence-electron chi connectivity index (χ4n) is 5.87. The zero-order chi connectivity index (χ0) is 19.7. The Bertz CT molecular complexity index is 619. The lowest BCUT2D eigenvalue weighted by atomic mass is 9.60. The number of nitrogens with zero attached hydrogens (tertiary/aromatic N) is 2. The molecule has 0 aromatic heterocycles. The van der Waals surface area contributed by atoms with Crippen LogP contribution in [0.3, 0.4) is 0 Å². The zero-order valence-electron chi connectivity index (χ0n) is 18.9. The van der Waals surface area contributed by atoms with E-state index in [0.717, 1.165) is 18.8 Å². The standard InChI is InChI=1S/C24H40N2O.ClH/c1-7-10-25-11-13-26(14-12-25)22-9-8-20(27-6)15-21(22)19-16-23(2,3)18-24(4,5)17-19;/h8-9,15,19H,7,10-14,16-18H2,1-6H3;1H. The van der Waals surface area contributed by atoms with Crippen molar-refractivity contribution < 1.29 is 4.74 Å². The molecule has 0 N–H and O–H groups in total. The van der Waals surface area contributed by atoms with Gasteiger partial charge in [0.1, 0.15) is 5.75 Å². The highest BCUT2D eigenvalue weighted by molar-refractivity contribution is 5.85. The largest absolute Gasteiger partial charge is 0.497 e. The predicted octanol–water partition coefficient (Wildman–Crippen LogP) is 5.97. The Labute approximate surface area is 179 Å². The molecule has 0 unspecified atom stereocenters. The molecular formula is C24H41ClN2O. The van der Waals surface area contributed by atoms with Crippen LogP contribution in [0, 0.1) is 10.8 Å². The monoisotopic (exact) mass is 408 g/mol. The second-order valence-corrected chi connectivity index (χ2v) is 10.4. The van der Waals surface area contributed by atoms with Crippen LogP contribution in [0.2, 0.25) is 0 Å². The van der Waals surface area contributed by atoms with Gasteiger partial charge in [-0.15, -0.1) is 12.4 Å². The first kappa shape index (κ1) is 23.3. The first-order valence-electron chi connectivity index (χ1n) is 10.9. The van der Waals surface area contributed by atoms with Gasteiger partial charge in [0.15, 0.2) is 0 Å². The number of methoxy groups -OCH3 is 1. The van der Waals surface area contributed by atoms with Crippen molar-refractivity contribution in [2.45, 2.75) is 66.2 Å². The molecule has 1 aromatic rings. The quantitative estimate of drug-likeness (QED) is 0.596. The van der Waals surface area contributed by atoms with E-state index in [4.69, 9.17) is 4.74 Å². The molecule has 4 heteroatoms. The van der Waals surface area contributed by atoms with Crippen molar-refractivity contribution in [2.24, 2.45) is 10.8 Å². The number of hydrogen-bond donors (Lipinski definition) is 0. The molecule has 1 aliphatic carbocycles. The number of halogens is 1. The Hall–Kier alpha value is -0.930. The molecule has 0 atom stereocenters. The molecule has 1 saturated heterocycles. The summed E-state index contributed by atoms with van der Waals surface area (Å²) in [6.45, 7) is 17.9. The van der Waals surface area contributed by atoms with Gasteiger partial charge in [-0.1, -0.05) is 34.6 Å². The Balaban J connectivity index is 0.00000280. The number of benzene rings is 1. The molecule has 3 rings (SSSR count). The van der Waals surface area contributed by atoms with E-state index in [1.165, 1.54) is 56.6 Å². The van der Waals surface area contributed by atoms with E-state index in [-0.39, 0.29) is 12.4 Å². The molecule has 0 radical (unpaired) electrons. The molecule has 1 heterocycles. The fraction of sp³-hybridized carbons (Fsp3) is 0.750.